The number of aromatic nitrogens is 3. The molecule has 0 fully saturated rings. The molecular formula is C16H16N4O2S. The Morgan fingerprint density at radius 1 is 1.22 bits per heavy atom. The lowest BCUT2D eigenvalue weighted by molar-refractivity contribution is -0.118. The lowest BCUT2D eigenvalue weighted by Gasteiger charge is -2.04. The molecule has 1 N–H and O–H groups in total. The Balaban J connectivity index is 1.56. The van der Waals surface area contributed by atoms with Gasteiger partial charge in [-0.1, -0.05) is 42.1 Å². The van der Waals surface area contributed by atoms with E-state index in [-0.39, 0.29) is 11.7 Å². The van der Waals surface area contributed by atoms with Crippen LogP contribution in [0.25, 0.3) is 11.4 Å². The van der Waals surface area contributed by atoms with Gasteiger partial charge in [-0.15, -0.1) is 10.2 Å². The van der Waals surface area contributed by atoms with Crippen molar-refractivity contribution in [2.75, 3.05) is 5.75 Å². The Hall–Kier alpha value is -2.54. The maximum atomic E-state index is 11.9. The van der Waals surface area contributed by atoms with E-state index in [9.17, 15) is 4.79 Å². The molecule has 0 spiro atoms. The second kappa shape index (κ2) is 7.15. The van der Waals surface area contributed by atoms with Crippen LogP contribution in [0, 0.1) is 0 Å². The van der Waals surface area contributed by atoms with Crippen LogP contribution in [0.5, 0.6) is 0 Å². The maximum Gasteiger partial charge on any atom is 0.230 e. The largest absolute Gasteiger partial charge is 0.467 e. The molecule has 23 heavy (non-hydrogen) atoms. The average molecular weight is 328 g/mol. The second-order valence-electron chi connectivity index (χ2n) is 4.88. The van der Waals surface area contributed by atoms with E-state index in [2.05, 4.69) is 15.5 Å². The molecule has 0 radical (unpaired) electrons. The second-order valence-corrected chi connectivity index (χ2v) is 5.82. The number of thioether (sulfide) groups is 1. The summed E-state index contributed by atoms with van der Waals surface area (Å²) in [5.41, 5.74) is 0.997. The molecule has 0 saturated heterocycles. The smallest absolute Gasteiger partial charge is 0.230 e. The topological polar surface area (TPSA) is 73.0 Å². The number of carbonyl (C=O) groups is 1. The van der Waals surface area contributed by atoms with Crippen LogP contribution in [0.15, 0.2) is 58.3 Å². The minimum atomic E-state index is -0.0735. The number of nitrogens with one attached hydrogen (secondary N) is 1. The minimum Gasteiger partial charge on any atom is -0.467 e. The van der Waals surface area contributed by atoms with Gasteiger partial charge in [-0.2, -0.15) is 0 Å². The fourth-order valence-corrected chi connectivity index (χ4v) is 2.80. The summed E-state index contributed by atoms with van der Waals surface area (Å²) in [5.74, 6) is 1.72. The molecule has 0 saturated carbocycles. The number of carbonyl (C=O) groups excluding carboxylic acids is 1. The summed E-state index contributed by atoms with van der Waals surface area (Å²) in [6, 6.07) is 13.4. The van der Waals surface area contributed by atoms with E-state index >= 15 is 0 Å². The third kappa shape index (κ3) is 3.81. The monoisotopic (exact) mass is 328 g/mol. The van der Waals surface area contributed by atoms with Crippen molar-refractivity contribution in [3.63, 3.8) is 0 Å². The highest BCUT2D eigenvalue weighted by atomic mass is 32.2. The predicted octanol–water partition coefficient (Wildman–Crippen LogP) is 2.48. The summed E-state index contributed by atoms with van der Waals surface area (Å²) < 4.78 is 7.06. The molecule has 0 aliphatic heterocycles. The summed E-state index contributed by atoms with van der Waals surface area (Å²) in [7, 11) is 1.89. The first-order chi connectivity index (χ1) is 11.2. The van der Waals surface area contributed by atoms with Crippen molar-refractivity contribution in [2.24, 2.45) is 7.05 Å². The number of benzene rings is 1. The van der Waals surface area contributed by atoms with Crippen molar-refractivity contribution >= 4 is 17.7 Å². The Labute approximate surface area is 137 Å². The Morgan fingerprint density at radius 3 is 2.78 bits per heavy atom. The van der Waals surface area contributed by atoms with Crippen molar-refractivity contribution in [3.8, 4) is 11.4 Å². The van der Waals surface area contributed by atoms with E-state index in [0.717, 1.165) is 17.1 Å². The summed E-state index contributed by atoms with van der Waals surface area (Å²) >= 11 is 1.35. The quantitative estimate of drug-likeness (QED) is 0.704. The molecule has 2 heterocycles. The van der Waals surface area contributed by atoms with Gasteiger partial charge < -0.3 is 14.3 Å². The predicted molar refractivity (Wildman–Crippen MR) is 87.7 cm³/mol. The molecule has 7 heteroatoms. The highest BCUT2D eigenvalue weighted by molar-refractivity contribution is 7.99. The van der Waals surface area contributed by atoms with Crippen LogP contribution in [-0.4, -0.2) is 26.4 Å². The normalized spacial score (nSPS) is 10.7. The van der Waals surface area contributed by atoms with E-state index in [1.54, 1.807) is 12.3 Å². The summed E-state index contributed by atoms with van der Waals surface area (Å²) in [4.78, 5) is 11.9. The maximum absolute atomic E-state index is 11.9. The number of amides is 1. The first kappa shape index (κ1) is 15.4. The molecule has 0 aliphatic rings. The zero-order valence-electron chi connectivity index (χ0n) is 12.6. The van der Waals surface area contributed by atoms with Gasteiger partial charge in [0, 0.05) is 12.6 Å². The van der Waals surface area contributed by atoms with Crippen LogP contribution in [0.1, 0.15) is 5.76 Å². The van der Waals surface area contributed by atoms with E-state index in [4.69, 9.17) is 4.42 Å². The molecule has 118 valence electrons. The van der Waals surface area contributed by atoms with Gasteiger partial charge in [-0.05, 0) is 12.1 Å². The number of furan rings is 1. The summed E-state index contributed by atoms with van der Waals surface area (Å²) in [6.07, 6.45) is 1.58. The van der Waals surface area contributed by atoms with Gasteiger partial charge in [-0.25, -0.2) is 0 Å². The van der Waals surface area contributed by atoms with Crippen LogP contribution in [0.2, 0.25) is 0 Å². The van der Waals surface area contributed by atoms with Crippen LogP contribution < -0.4 is 5.32 Å². The van der Waals surface area contributed by atoms with Gasteiger partial charge in [0.1, 0.15) is 5.76 Å². The van der Waals surface area contributed by atoms with E-state index in [1.807, 2.05) is 48.0 Å². The molecule has 3 aromatic rings. The molecule has 0 aliphatic carbocycles. The van der Waals surface area contributed by atoms with Gasteiger partial charge in [0.2, 0.25) is 5.91 Å². The minimum absolute atomic E-state index is 0.0735. The van der Waals surface area contributed by atoms with Crippen LogP contribution >= 0.6 is 11.8 Å². The molecule has 6 nitrogen and oxygen atoms in total. The molecule has 3 rings (SSSR count). The highest BCUT2D eigenvalue weighted by Gasteiger charge is 2.12. The SMILES string of the molecule is Cn1c(SCC(=O)NCc2ccco2)nnc1-c1ccccc1. The standard InChI is InChI=1S/C16H16N4O2S/c1-20-15(12-6-3-2-4-7-12)18-19-16(20)23-11-14(21)17-10-13-8-5-9-22-13/h2-9H,10-11H2,1H3,(H,17,21). The number of hydrogen-bond donors (Lipinski definition) is 1. The Kier molecular flexibility index (Phi) is 4.77. The fraction of sp³-hybridized carbons (Fsp3) is 0.188. The van der Waals surface area contributed by atoms with Gasteiger partial charge in [0.15, 0.2) is 11.0 Å². The Bertz CT molecular complexity index is 769. The summed E-state index contributed by atoms with van der Waals surface area (Å²) in [6.45, 7) is 0.389. The lowest BCUT2D eigenvalue weighted by atomic mass is 10.2. The first-order valence-corrected chi connectivity index (χ1v) is 8.09. The molecule has 0 bridgehead atoms. The Morgan fingerprint density at radius 2 is 2.04 bits per heavy atom. The number of rotatable bonds is 6. The molecule has 0 atom stereocenters. The fourth-order valence-electron chi connectivity index (χ4n) is 2.06. The zero-order valence-corrected chi connectivity index (χ0v) is 13.4. The zero-order chi connectivity index (χ0) is 16.1. The van der Waals surface area contributed by atoms with Gasteiger partial charge in [0.25, 0.3) is 0 Å². The lowest BCUT2D eigenvalue weighted by Crippen LogP contribution is -2.24. The summed E-state index contributed by atoms with van der Waals surface area (Å²) in [5, 5.41) is 11.9. The van der Waals surface area contributed by atoms with Gasteiger partial charge >= 0.3 is 0 Å². The van der Waals surface area contributed by atoms with Crippen LogP contribution in [-0.2, 0) is 18.4 Å². The van der Waals surface area contributed by atoms with E-state index < -0.39 is 0 Å². The van der Waals surface area contributed by atoms with Gasteiger partial charge in [0.05, 0.1) is 18.6 Å². The molecule has 2 aromatic heterocycles. The van der Waals surface area contributed by atoms with Crippen molar-refractivity contribution < 1.29 is 9.21 Å². The average Bonchev–Trinajstić information content (AvgIpc) is 3.22. The van der Waals surface area contributed by atoms with Crippen LogP contribution in [0.3, 0.4) is 0 Å². The third-order valence-electron chi connectivity index (χ3n) is 3.24. The third-order valence-corrected chi connectivity index (χ3v) is 4.26. The van der Waals surface area contributed by atoms with Crippen molar-refractivity contribution in [2.45, 2.75) is 11.7 Å². The van der Waals surface area contributed by atoms with Crippen molar-refractivity contribution in [1.29, 1.82) is 0 Å². The number of nitrogens with zero attached hydrogens (tertiary/aromatic N) is 3. The molecular weight excluding hydrogens is 312 g/mol. The molecule has 1 aromatic carbocycles. The van der Waals surface area contributed by atoms with Crippen molar-refractivity contribution in [1.82, 2.24) is 20.1 Å². The molecule has 0 unspecified atom stereocenters. The van der Waals surface area contributed by atoms with Crippen LogP contribution in [0.4, 0.5) is 0 Å². The number of hydrogen-bond acceptors (Lipinski definition) is 5. The highest BCUT2D eigenvalue weighted by Crippen LogP contribution is 2.22. The van der Waals surface area contributed by atoms with E-state index in [1.165, 1.54) is 11.8 Å². The first-order valence-electron chi connectivity index (χ1n) is 7.11. The van der Waals surface area contributed by atoms with E-state index in [0.29, 0.717) is 11.7 Å². The van der Waals surface area contributed by atoms with Crippen molar-refractivity contribution in [3.05, 3.63) is 54.5 Å². The van der Waals surface area contributed by atoms with Gasteiger partial charge in [-0.3, -0.25) is 4.79 Å². The molecule has 1 amide bonds.